The van der Waals surface area contributed by atoms with Gasteiger partial charge < -0.3 is 15.4 Å². The minimum absolute atomic E-state index is 0.0168. The van der Waals surface area contributed by atoms with E-state index in [0.29, 0.717) is 27.6 Å². The van der Waals surface area contributed by atoms with E-state index in [1.165, 1.54) is 12.1 Å². The smallest absolute Gasteiger partial charge is 0.234 e. The Morgan fingerprint density at radius 3 is 2.59 bits per heavy atom. The number of nitrogens with zero attached hydrogens (tertiary/aromatic N) is 1. The van der Waals surface area contributed by atoms with Crippen molar-refractivity contribution in [2.45, 2.75) is 12.3 Å². The second kappa shape index (κ2) is 9.26. The maximum Gasteiger partial charge on any atom is 0.234 e. The van der Waals surface area contributed by atoms with Crippen LogP contribution < -0.4 is 15.4 Å². The zero-order valence-corrected chi connectivity index (χ0v) is 16.4. The van der Waals surface area contributed by atoms with E-state index in [9.17, 15) is 19.2 Å². The molecule has 1 unspecified atom stereocenters. The van der Waals surface area contributed by atoms with Crippen molar-refractivity contribution < 1.29 is 18.7 Å². The number of allylic oxidation sites excluding steroid dienone is 1. The monoisotopic (exact) mass is 411 g/mol. The van der Waals surface area contributed by atoms with Crippen molar-refractivity contribution in [3.8, 4) is 11.8 Å². The Labute approximate surface area is 171 Å². The Bertz CT molecular complexity index is 982. The number of hydrogen-bond acceptors (Lipinski definition) is 5. The Kier molecular flexibility index (Phi) is 6.52. The van der Waals surface area contributed by atoms with Gasteiger partial charge in [-0.3, -0.25) is 9.59 Å². The lowest BCUT2D eigenvalue weighted by atomic mass is 9.87. The number of carbonyl (C=O) groups is 2. The topological polar surface area (TPSA) is 91.2 Å². The normalized spacial score (nSPS) is 16.0. The van der Waals surface area contributed by atoms with E-state index in [1.54, 1.807) is 43.5 Å². The first-order valence-corrected chi connectivity index (χ1v) is 9.75. The Morgan fingerprint density at radius 2 is 1.97 bits per heavy atom. The summed E-state index contributed by atoms with van der Waals surface area (Å²) in [7, 11) is 1.56. The quantitative estimate of drug-likeness (QED) is 0.759. The van der Waals surface area contributed by atoms with Gasteiger partial charge in [0.2, 0.25) is 11.8 Å². The summed E-state index contributed by atoms with van der Waals surface area (Å²) in [6.45, 7) is 0. The highest BCUT2D eigenvalue weighted by Gasteiger charge is 2.29. The minimum atomic E-state index is -0.471. The van der Waals surface area contributed by atoms with Crippen LogP contribution in [0.3, 0.4) is 0 Å². The summed E-state index contributed by atoms with van der Waals surface area (Å²) in [6.07, 6.45) is 0.0939. The van der Waals surface area contributed by atoms with Gasteiger partial charge >= 0.3 is 0 Å². The van der Waals surface area contributed by atoms with Gasteiger partial charge in [0.1, 0.15) is 11.6 Å². The molecule has 1 aliphatic heterocycles. The predicted octanol–water partition coefficient (Wildman–Crippen LogP) is 3.54. The van der Waals surface area contributed by atoms with Crippen molar-refractivity contribution in [1.29, 1.82) is 5.26 Å². The van der Waals surface area contributed by atoms with Crippen LogP contribution in [0.15, 0.2) is 59.1 Å². The lowest BCUT2D eigenvalue weighted by Crippen LogP contribution is -2.31. The third-order valence-corrected chi connectivity index (χ3v) is 5.37. The molecule has 2 aromatic carbocycles. The minimum Gasteiger partial charge on any atom is -0.497 e. The molecule has 0 fully saturated rings. The van der Waals surface area contributed by atoms with E-state index >= 15 is 0 Å². The van der Waals surface area contributed by atoms with Crippen LogP contribution in [0.4, 0.5) is 10.1 Å². The predicted molar refractivity (Wildman–Crippen MR) is 109 cm³/mol. The van der Waals surface area contributed by atoms with E-state index in [0.717, 1.165) is 11.8 Å². The molecule has 0 spiro atoms. The van der Waals surface area contributed by atoms with Crippen LogP contribution in [-0.4, -0.2) is 24.7 Å². The third-order valence-electron chi connectivity index (χ3n) is 4.35. The van der Waals surface area contributed by atoms with Crippen molar-refractivity contribution in [2.24, 2.45) is 0 Å². The van der Waals surface area contributed by atoms with Gasteiger partial charge in [0.15, 0.2) is 0 Å². The highest BCUT2D eigenvalue weighted by atomic mass is 32.2. The Balaban J connectivity index is 1.71. The van der Waals surface area contributed by atoms with Crippen LogP contribution in [0.1, 0.15) is 17.9 Å². The van der Waals surface area contributed by atoms with Gasteiger partial charge in [-0.2, -0.15) is 5.26 Å². The van der Waals surface area contributed by atoms with Gasteiger partial charge in [0.05, 0.1) is 29.5 Å². The number of nitrogens with one attached hydrogen (secondary N) is 2. The molecule has 1 atom stereocenters. The summed E-state index contributed by atoms with van der Waals surface area (Å²) in [4.78, 5) is 24.4. The molecule has 3 rings (SSSR count). The molecule has 2 N–H and O–H groups in total. The van der Waals surface area contributed by atoms with Crippen molar-refractivity contribution in [3.05, 3.63) is 70.5 Å². The van der Waals surface area contributed by atoms with E-state index in [-0.39, 0.29) is 29.8 Å². The van der Waals surface area contributed by atoms with E-state index < -0.39 is 5.92 Å². The number of halogens is 1. The van der Waals surface area contributed by atoms with E-state index in [4.69, 9.17) is 4.74 Å². The number of methoxy groups -OCH3 is 1. The zero-order chi connectivity index (χ0) is 20.8. The number of thioether (sulfide) groups is 1. The number of carbonyl (C=O) groups excluding carboxylic acids is 2. The first-order chi connectivity index (χ1) is 14.0. The van der Waals surface area contributed by atoms with E-state index in [2.05, 4.69) is 16.7 Å². The zero-order valence-electron chi connectivity index (χ0n) is 15.6. The van der Waals surface area contributed by atoms with Crippen molar-refractivity contribution in [1.82, 2.24) is 5.32 Å². The molecular formula is C21H18FN3O3S. The molecule has 0 aromatic heterocycles. The summed E-state index contributed by atoms with van der Waals surface area (Å²) in [6, 6.07) is 14.7. The molecule has 1 aliphatic rings. The fourth-order valence-electron chi connectivity index (χ4n) is 2.92. The molecular weight excluding hydrogens is 393 g/mol. The summed E-state index contributed by atoms with van der Waals surface area (Å²) >= 11 is 1.08. The maximum absolute atomic E-state index is 13.2. The Morgan fingerprint density at radius 1 is 1.28 bits per heavy atom. The molecule has 0 radical (unpaired) electrons. The van der Waals surface area contributed by atoms with Gasteiger partial charge in [0.25, 0.3) is 0 Å². The molecule has 1 heterocycles. The fraction of sp³-hybridized carbons (Fsp3) is 0.190. The second-order valence-electron chi connectivity index (χ2n) is 6.28. The highest BCUT2D eigenvalue weighted by molar-refractivity contribution is 8.03. The summed E-state index contributed by atoms with van der Waals surface area (Å²) in [5.41, 5.74) is 1.65. The van der Waals surface area contributed by atoms with Gasteiger partial charge in [-0.05, 0) is 42.0 Å². The summed E-state index contributed by atoms with van der Waals surface area (Å²) in [5, 5.41) is 15.4. The number of amides is 2. The highest BCUT2D eigenvalue weighted by Crippen LogP contribution is 2.36. The molecule has 0 saturated heterocycles. The summed E-state index contributed by atoms with van der Waals surface area (Å²) < 4.78 is 18.3. The fourth-order valence-corrected chi connectivity index (χ4v) is 3.80. The van der Waals surface area contributed by atoms with Crippen molar-refractivity contribution in [2.75, 3.05) is 18.2 Å². The molecule has 0 bridgehead atoms. The first-order valence-electron chi connectivity index (χ1n) is 8.76. The third kappa shape index (κ3) is 5.15. The van der Waals surface area contributed by atoms with Crippen LogP contribution >= 0.6 is 11.8 Å². The average molecular weight is 411 g/mol. The molecule has 2 amide bonds. The van der Waals surface area contributed by atoms with Gasteiger partial charge in [-0.15, -0.1) is 0 Å². The van der Waals surface area contributed by atoms with Gasteiger partial charge in [-0.1, -0.05) is 23.9 Å². The number of hydrogen-bond donors (Lipinski definition) is 2. The molecule has 0 aliphatic carbocycles. The SMILES string of the molecule is COc1ccc(NC(=O)CSC2=C(C#N)C(c3ccc(F)cc3)CC(=O)N2)cc1. The van der Waals surface area contributed by atoms with E-state index in [1.807, 2.05) is 0 Å². The standard InChI is InChI=1S/C21H18FN3O3S/c1-28-16-8-6-15(7-9-16)24-20(27)12-29-21-18(11-23)17(10-19(26)25-21)13-2-4-14(22)5-3-13/h2-9,17H,10,12H2,1H3,(H,24,27)(H,25,26). The van der Waals surface area contributed by atoms with Crippen molar-refractivity contribution in [3.63, 3.8) is 0 Å². The number of benzene rings is 2. The van der Waals surface area contributed by atoms with Crippen LogP contribution in [0.5, 0.6) is 5.75 Å². The van der Waals surface area contributed by atoms with Crippen LogP contribution in [0.2, 0.25) is 0 Å². The Hall–Kier alpha value is -3.31. The lowest BCUT2D eigenvalue weighted by molar-refractivity contribution is -0.121. The molecule has 0 saturated carbocycles. The number of ether oxygens (including phenoxy) is 1. The molecule has 8 heteroatoms. The van der Waals surface area contributed by atoms with Crippen LogP contribution in [0, 0.1) is 17.1 Å². The molecule has 6 nitrogen and oxygen atoms in total. The largest absolute Gasteiger partial charge is 0.497 e. The molecule has 2 aromatic rings. The number of anilines is 1. The van der Waals surface area contributed by atoms with Gasteiger partial charge in [-0.25, -0.2) is 4.39 Å². The number of rotatable bonds is 6. The second-order valence-corrected chi connectivity index (χ2v) is 7.26. The lowest BCUT2D eigenvalue weighted by Gasteiger charge is -2.25. The summed E-state index contributed by atoms with van der Waals surface area (Å²) in [5.74, 6) is -0.691. The maximum atomic E-state index is 13.2. The average Bonchev–Trinajstić information content (AvgIpc) is 2.73. The molecule has 148 valence electrons. The van der Waals surface area contributed by atoms with Gasteiger partial charge in [0, 0.05) is 18.0 Å². The first kappa shape index (κ1) is 20.4. The van der Waals surface area contributed by atoms with Crippen LogP contribution in [-0.2, 0) is 9.59 Å². The number of nitriles is 1. The van der Waals surface area contributed by atoms with Crippen molar-refractivity contribution >= 4 is 29.3 Å². The molecule has 29 heavy (non-hydrogen) atoms. The van der Waals surface area contributed by atoms with Crippen LogP contribution in [0.25, 0.3) is 0 Å².